The number of rotatable bonds is 14. The van der Waals surface area contributed by atoms with Crippen LogP contribution in [0.3, 0.4) is 0 Å². The largest absolute Gasteiger partial charge is 0.325 e. The van der Waals surface area contributed by atoms with E-state index >= 15 is 0 Å². The zero-order valence-electron chi connectivity index (χ0n) is 14.6. The van der Waals surface area contributed by atoms with Crippen molar-refractivity contribution in [3.63, 3.8) is 0 Å². The van der Waals surface area contributed by atoms with E-state index < -0.39 is 0 Å². The van der Waals surface area contributed by atoms with Crippen LogP contribution in [-0.2, 0) is 0 Å². The van der Waals surface area contributed by atoms with Crippen LogP contribution < -0.4 is 5.73 Å². The molecule has 0 fully saturated rings. The molecule has 2 N–H and O–H groups in total. The summed E-state index contributed by atoms with van der Waals surface area (Å²) in [5.74, 6) is 1.48. The molecule has 0 amide bonds. The first-order valence-corrected chi connectivity index (χ1v) is 9.52. The number of unbranched alkanes of at least 4 members (excludes halogenated alkanes) is 6. The van der Waals surface area contributed by atoms with Crippen LogP contribution in [0.2, 0.25) is 0 Å². The van der Waals surface area contributed by atoms with Gasteiger partial charge >= 0.3 is 0 Å². The SMILES string of the molecule is Br.CCCCCCCCC(CCCCCl)C(N)(CC)CC. The van der Waals surface area contributed by atoms with Crippen molar-refractivity contribution in [2.45, 2.75) is 103 Å². The van der Waals surface area contributed by atoms with Crippen LogP contribution >= 0.6 is 28.6 Å². The zero-order chi connectivity index (χ0) is 15.3. The average Bonchev–Trinajstić information content (AvgIpc) is 2.48. The molecule has 130 valence electrons. The molecule has 0 aliphatic heterocycles. The summed E-state index contributed by atoms with van der Waals surface area (Å²) in [5.41, 5.74) is 6.70. The lowest BCUT2D eigenvalue weighted by molar-refractivity contribution is 0.214. The molecule has 0 aliphatic rings. The van der Waals surface area contributed by atoms with Crippen LogP contribution in [0, 0.1) is 5.92 Å². The molecule has 0 radical (unpaired) electrons. The summed E-state index contributed by atoms with van der Waals surface area (Å²) >= 11 is 5.81. The quantitative estimate of drug-likeness (QED) is 0.257. The summed E-state index contributed by atoms with van der Waals surface area (Å²) < 4.78 is 0. The summed E-state index contributed by atoms with van der Waals surface area (Å²) in [6.45, 7) is 6.77. The minimum absolute atomic E-state index is 0. The fourth-order valence-electron chi connectivity index (χ4n) is 3.20. The van der Waals surface area contributed by atoms with E-state index in [0.717, 1.165) is 25.1 Å². The van der Waals surface area contributed by atoms with E-state index in [4.69, 9.17) is 17.3 Å². The average molecular weight is 385 g/mol. The van der Waals surface area contributed by atoms with E-state index in [0.29, 0.717) is 5.92 Å². The van der Waals surface area contributed by atoms with E-state index in [2.05, 4.69) is 20.8 Å². The molecule has 0 aromatic rings. The van der Waals surface area contributed by atoms with Crippen LogP contribution in [-0.4, -0.2) is 11.4 Å². The third kappa shape index (κ3) is 11.0. The highest BCUT2D eigenvalue weighted by Gasteiger charge is 2.30. The van der Waals surface area contributed by atoms with Crippen molar-refractivity contribution < 1.29 is 0 Å². The van der Waals surface area contributed by atoms with Crippen molar-refractivity contribution in [2.75, 3.05) is 5.88 Å². The monoisotopic (exact) mass is 383 g/mol. The number of halogens is 2. The highest BCUT2D eigenvalue weighted by atomic mass is 79.9. The molecular formula is C18H39BrClN. The van der Waals surface area contributed by atoms with Crippen molar-refractivity contribution >= 4 is 28.6 Å². The Kier molecular flexibility index (Phi) is 17.8. The number of nitrogens with two attached hydrogens (primary N) is 1. The standard InChI is InChI=1S/C18H38ClN.BrH/c1-4-7-8-9-10-11-14-17(15-12-13-16-19)18(20,5-2)6-3;/h17H,4-16,20H2,1-3H3;1H. The highest BCUT2D eigenvalue weighted by Crippen LogP contribution is 2.31. The highest BCUT2D eigenvalue weighted by molar-refractivity contribution is 8.93. The number of hydrogen-bond donors (Lipinski definition) is 1. The normalized spacial score (nSPS) is 13.0. The Hall–Kier alpha value is 0.730. The lowest BCUT2D eigenvalue weighted by atomic mass is 9.75. The number of alkyl halides is 1. The van der Waals surface area contributed by atoms with Crippen molar-refractivity contribution in [1.29, 1.82) is 0 Å². The third-order valence-corrected chi connectivity index (χ3v) is 5.24. The van der Waals surface area contributed by atoms with Crippen molar-refractivity contribution in [1.82, 2.24) is 0 Å². The minimum atomic E-state index is 0. The molecule has 0 saturated heterocycles. The van der Waals surface area contributed by atoms with Gasteiger partial charge in [0.2, 0.25) is 0 Å². The van der Waals surface area contributed by atoms with Crippen LogP contribution in [0.25, 0.3) is 0 Å². The van der Waals surface area contributed by atoms with Gasteiger partial charge in [0.1, 0.15) is 0 Å². The molecule has 0 aliphatic carbocycles. The minimum Gasteiger partial charge on any atom is -0.325 e. The Morgan fingerprint density at radius 3 is 1.76 bits per heavy atom. The summed E-state index contributed by atoms with van der Waals surface area (Å²) in [4.78, 5) is 0. The van der Waals surface area contributed by atoms with Crippen molar-refractivity contribution in [2.24, 2.45) is 11.7 Å². The smallest absolute Gasteiger partial charge is 0.0223 e. The lowest BCUT2D eigenvalue weighted by Gasteiger charge is -2.36. The maximum absolute atomic E-state index is 6.65. The van der Waals surface area contributed by atoms with E-state index in [1.807, 2.05) is 0 Å². The molecule has 0 rings (SSSR count). The molecule has 0 bridgehead atoms. The van der Waals surface area contributed by atoms with Crippen molar-refractivity contribution in [3.8, 4) is 0 Å². The van der Waals surface area contributed by atoms with Gasteiger partial charge in [-0.3, -0.25) is 0 Å². The molecule has 1 atom stereocenters. The van der Waals surface area contributed by atoms with Gasteiger partial charge in [0.05, 0.1) is 0 Å². The molecule has 0 aromatic carbocycles. The lowest BCUT2D eigenvalue weighted by Crippen LogP contribution is -2.46. The first kappa shape index (κ1) is 24.0. The summed E-state index contributed by atoms with van der Waals surface area (Å²) in [5, 5.41) is 0. The Bertz CT molecular complexity index is 207. The topological polar surface area (TPSA) is 26.0 Å². The number of hydrogen-bond acceptors (Lipinski definition) is 1. The van der Waals surface area contributed by atoms with Gasteiger partial charge in [-0.05, 0) is 38.0 Å². The summed E-state index contributed by atoms with van der Waals surface area (Å²) in [6, 6.07) is 0. The predicted octanol–water partition coefficient (Wildman–Crippen LogP) is 6.86. The van der Waals surface area contributed by atoms with Gasteiger partial charge in [0.25, 0.3) is 0 Å². The van der Waals surface area contributed by atoms with Gasteiger partial charge in [-0.2, -0.15) is 0 Å². The molecule has 0 heterocycles. The molecule has 21 heavy (non-hydrogen) atoms. The van der Waals surface area contributed by atoms with Gasteiger partial charge in [-0.15, -0.1) is 28.6 Å². The Labute approximate surface area is 149 Å². The van der Waals surface area contributed by atoms with Crippen molar-refractivity contribution in [3.05, 3.63) is 0 Å². The Morgan fingerprint density at radius 2 is 1.29 bits per heavy atom. The second-order valence-corrected chi connectivity index (χ2v) is 6.76. The second kappa shape index (κ2) is 15.6. The predicted molar refractivity (Wildman–Crippen MR) is 104 cm³/mol. The molecule has 0 spiro atoms. The molecule has 3 heteroatoms. The molecule has 0 aromatic heterocycles. The van der Waals surface area contributed by atoms with Crippen LogP contribution in [0.4, 0.5) is 0 Å². The van der Waals surface area contributed by atoms with Gasteiger partial charge in [-0.1, -0.05) is 65.7 Å². The van der Waals surface area contributed by atoms with E-state index in [1.165, 1.54) is 57.8 Å². The molecule has 1 nitrogen and oxygen atoms in total. The van der Waals surface area contributed by atoms with Gasteiger partial charge in [0.15, 0.2) is 0 Å². The van der Waals surface area contributed by atoms with Crippen LogP contribution in [0.1, 0.15) is 97.8 Å². The Morgan fingerprint density at radius 1 is 0.810 bits per heavy atom. The van der Waals surface area contributed by atoms with Gasteiger partial charge < -0.3 is 5.73 Å². The summed E-state index contributed by atoms with van der Waals surface area (Å²) in [6.07, 6.45) is 15.4. The first-order chi connectivity index (χ1) is 9.64. The van der Waals surface area contributed by atoms with E-state index in [1.54, 1.807) is 0 Å². The molecule has 1 unspecified atom stereocenters. The molecule has 0 saturated carbocycles. The van der Waals surface area contributed by atoms with Gasteiger partial charge in [-0.25, -0.2) is 0 Å². The van der Waals surface area contributed by atoms with E-state index in [-0.39, 0.29) is 22.5 Å². The second-order valence-electron chi connectivity index (χ2n) is 6.38. The maximum atomic E-state index is 6.65. The maximum Gasteiger partial charge on any atom is 0.0223 e. The van der Waals surface area contributed by atoms with Gasteiger partial charge in [0, 0.05) is 11.4 Å². The molecular weight excluding hydrogens is 346 g/mol. The van der Waals surface area contributed by atoms with Crippen LogP contribution in [0.5, 0.6) is 0 Å². The van der Waals surface area contributed by atoms with E-state index in [9.17, 15) is 0 Å². The zero-order valence-corrected chi connectivity index (χ0v) is 17.1. The fourth-order valence-corrected chi connectivity index (χ4v) is 3.39. The first-order valence-electron chi connectivity index (χ1n) is 8.99. The van der Waals surface area contributed by atoms with Crippen LogP contribution in [0.15, 0.2) is 0 Å². The Balaban J connectivity index is 0. The fraction of sp³-hybridized carbons (Fsp3) is 1.00. The third-order valence-electron chi connectivity index (χ3n) is 4.97. The summed E-state index contributed by atoms with van der Waals surface area (Å²) in [7, 11) is 0.